The highest BCUT2D eigenvalue weighted by Crippen LogP contribution is 2.79. The van der Waals surface area contributed by atoms with Crippen molar-refractivity contribution in [3.8, 4) is 0 Å². The Morgan fingerprint density at radius 3 is 2.60 bits per heavy atom. The van der Waals surface area contributed by atoms with Crippen LogP contribution in [0.1, 0.15) is 26.2 Å². The van der Waals surface area contributed by atoms with Crippen LogP contribution in [0.25, 0.3) is 0 Å². The van der Waals surface area contributed by atoms with Gasteiger partial charge in [-0.05, 0) is 42.4 Å². The standard InChI is InChI=1S/C9H15N/c1-2-9-4-5-3-6(9)7(9)8(5)10/h5-8H,2-4,10H2,1H3. The molecule has 4 bridgehead atoms. The molecule has 0 aromatic carbocycles. The van der Waals surface area contributed by atoms with Crippen LogP contribution in [0.3, 0.4) is 0 Å². The average Bonchev–Trinajstić information content (AvgIpc) is 2.36. The monoisotopic (exact) mass is 137 g/mol. The van der Waals surface area contributed by atoms with E-state index in [1.807, 2.05) is 0 Å². The van der Waals surface area contributed by atoms with Crippen molar-refractivity contribution < 1.29 is 0 Å². The lowest BCUT2D eigenvalue weighted by Gasteiger charge is -2.04. The minimum Gasteiger partial charge on any atom is -0.327 e. The largest absolute Gasteiger partial charge is 0.327 e. The Kier molecular flexibility index (Phi) is 0.722. The van der Waals surface area contributed by atoms with Gasteiger partial charge in [0.15, 0.2) is 0 Å². The number of hydrogen-bond donors (Lipinski definition) is 1. The molecule has 4 rings (SSSR count). The van der Waals surface area contributed by atoms with Crippen LogP contribution in [0.5, 0.6) is 0 Å². The van der Waals surface area contributed by atoms with Gasteiger partial charge >= 0.3 is 0 Å². The Hall–Kier alpha value is -0.0400. The summed E-state index contributed by atoms with van der Waals surface area (Å²) in [4.78, 5) is 0. The molecule has 5 unspecified atom stereocenters. The maximum atomic E-state index is 6.07. The van der Waals surface area contributed by atoms with Gasteiger partial charge in [0.1, 0.15) is 0 Å². The van der Waals surface area contributed by atoms with Gasteiger partial charge in [0.2, 0.25) is 0 Å². The molecule has 0 radical (unpaired) electrons. The highest BCUT2D eigenvalue weighted by atomic mass is 14.9. The molecule has 0 amide bonds. The fourth-order valence-corrected chi connectivity index (χ4v) is 4.06. The molecule has 10 heavy (non-hydrogen) atoms. The summed E-state index contributed by atoms with van der Waals surface area (Å²) in [7, 11) is 0. The normalized spacial score (nSPS) is 69.0. The van der Waals surface area contributed by atoms with Crippen LogP contribution < -0.4 is 5.73 Å². The lowest BCUT2D eigenvalue weighted by Crippen LogP contribution is -2.23. The summed E-state index contributed by atoms with van der Waals surface area (Å²) in [5.74, 6) is 2.95. The molecule has 2 N–H and O–H groups in total. The van der Waals surface area contributed by atoms with Crippen LogP contribution in [0.2, 0.25) is 0 Å². The molecule has 1 heteroatoms. The predicted octanol–water partition coefficient (Wildman–Crippen LogP) is 1.38. The first kappa shape index (κ1) is 5.59. The van der Waals surface area contributed by atoms with Crippen molar-refractivity contribution in [1.82, 2.24) is 0 Å². The third kappa shape index (κ3) is 0.334. The van der Waals surface area contributed by atoms with E-state index < -0.39 is 0 Å². The van der Waals surface area contributed by atoms with E-state index in [-0.39, 0.29) is 0 Å². The van der Waals surface area contributed by atoms with Crippen LogP contribution in [0.4, 0.5) is 0 Å². The van der Waals surface area contributed by atoms with Crippen molar-refractivity contribution >= 4 is 0 Å². The molecule has 0 aromatic heterocycles. The van der Waals surface area contributed by atoms with E-state index in [0.717, 1.165) is 23.2 Å². The Morgan fingerprint density at radius 2 is 2.40 bits per heavy atom. The van der Waals surface area contributed by atoms with Gasteiger partial charge in [-0.15, -0.1) is 0 Å². The molecule has 1 nitrogen and oxygen atoms in total. The summed E-state index contributed by atoms with van der Waals surface area (Å²) in [5, 5.41) is 0. The maximum Gasteiger partial charge on any atom is 0.0104 e. The van der Waals surface area contributed by atoms with E-state index in [0.29, 0.717) is 6.04 Å². The number of hydrogen-bond acceptors (Lipinski definition) is 1. The average molecular weight is 137 g/mol. The lowest BCUT2D eigenvalue weighted by atomic mass is 10.0. The summed E-state index contributed by atoms with van der Waals surface area (Å²) in [5.41, 5.74) is 6.85. The van der Waals surface area contributed by atoms with Gasteiger partial charge in [-0.1, -0.05) is 6.92 Å². The van der Waals surface area contributed by atoms with Gasteiger partial charge in [-0.3, -0.25) is 0 Å². The molecule has 0 saturated heterocycles. The predicted molar refractivity (Wildman–Crippen MR) is 40.4 cm³/mol. The molecule has 0 aromatic rings. The summed E-state index contributed by atoms with van der Waals surface area (Å²) in [6.45, 7) is 2.34. The second kappa shape index (κ2) is 1.29. The van der Waals surface area contributed by atoms with Crippen molar-refractivity contribution in [3.63, 3.8) is 0 Å². The third-order valence-electron chi connectivity index (χ3n) is 4.54. The molecule has 4 fully saturated rings. The van der Waals surface area contributed by atoms with Gasteiger partial charge in [0.25, 0.3) is 0 Å². The zero-order valence-electron chi connectivity index (χ0n) is 6.51. The summed E-state index contributed by atoms with van der Waals surface area (Å²) in [6.07, 6.45) is 4.34. The molecule has 4 aliphatic rings. The second-order valence-corrected chi connectivity index (χ2v) is 4.50. The quantitative estimate of drug-likeness (QED) is 0.580. The van der Waals surface area contributed by atoms with E-state index >= 15 is 0 Å². The Bertz CT molecular complexity index is 189. The molecule has 5 atom stereocenters. The number of nitrogens with two attached hydrogens (primary N) is 1. The molecule has 4 saturated carbocycles. The molecule has 0 heterocycles. The fourth-order valence-electron chi connectivity index (χ4n) is 4.06. The van der Waals surface area contributed by atoms with Crippen LogP contribution in [0.15, 0.2) is 0 Å². The highest BCUT2D eigenvalue weighted by molar-refractivity contribution is 5.26. The minimum absolute atomic E-state index is 0.602. The molecular formula is C9H15N. The summed E-state index contributed by atoms with van der Waals surface area (Å²) in [6, 6.07) is 0.602. The van der Waals surface area contributed by atoms with Gasteiger partial charge in [0, 0.05) is 6.04 Å². The van der Waals surface area contributed by atoms with Gasteiger partial charge in [0.05, 0.1) is 0 Å². The number of rotatable bonds is 1. The smallest absolute Gasteiger partial charge is 0.0104 e. The van der Waals surface area contributed by atoms with E-state index in [1.165, 1.54) is 19.3 Å². The van der Waals surface area contributed by atoms with Gasteiger partial charge in [-0.2, -0.15) is 0 Å². The zero-order valence-corrected chi connectivity index (χ0v) is 6.51. The molecule has 0 aliphatic heterocycles. The molecule has 56 valence electrons. The van der Waals surface area contributed by atoms with Crippen molar-refractivity contribution in [2.75, 3.05) is 0 Å². The van der Waals surface area contributed by atoms with Gasteiger partial charge < -0.3 is 5.73 Å². The molecule has 0 spiro atoms. The first-order chi connectivity index (χ1) is 4.79. The zero-order chi connectivity index (χ0) is 6.93. The van der Waals surface area contributed by atoms with E-state index in [1.54, 1.807) is 0 Å². The van der Waals surface area contributed by atoms with Crippen LogP contribution in [-0.2, 0) is 0 Å². The third-order valence-corrected chi connectivity index (χ3v) is 4.54. The van der Waals surface area contributed by atoms with Gasteiger partial charge in [-0.25, -0.2) is 0 Å². The maximum absolute atomic E-state index is 6.07. The molecular weight excluding hydrogens is 122 g/mol. The van der Waals surface area contributed by atoms with Crippen molar-refractivity contribution in [3.05, 3.63) is 0 Å². The summed E-state index contributed by atoms with van der Waals surface area (Å²) < 4.78 is 0. The van der Waals surface area contributed by atoms with Crippen LogP contribution >= 0.6 is 0 Å². The first-order valence-electron chi connectivity index (χ1n) is 4.55. The van der Waals surface area contributed by atoms with Crippen molar-refractivity contribution in [1.29, 1.82) is 0 Å². The SMILES string of the molecule is CCC12CC3CC1C2C3N. The van der Waals surface area contributed by atoms with Crippen molar-refractivity contribution in [2.45, 2.75) is 32.2 Å². The van der Waals surface area contributed by atoms with E-state index in [4.69, 9.17) is 5.73 Å². The van der Waals surface area contributed by atoms with Crippen LogP contribution in [0, 0.1) is 23.2 Å². The van der Waals surface area contributed by atoms with E-state index in [2.05, 4.69) is 6.92 Å². The fraction of sp³-hybridized carbons (Fsp3) is 1.00. The van der Waals surface area contributed by atoms with E-state index in [9.17, 15) is 0 Å². The Labute approximate surface area is 62.0 Å². The first-order valence-corrected chi connectivity index (χ1v) is 4.55. The highest BCUT2D eigenvalue weighted by Gasteiger charge is 2.76. The van der Waals surface area contributed by atoms with Crippen LogP contribution in [-0.4, -0.2) is 6.04 Å². The molecule has 4 aliphatic carbocycles. The Morgan fingerprint density at radius 1 is 1.60 bits per heavy atom. The lowest BCUT2D eigenvalue weighted by molar-refractivity contribution is 0.463. The second-order valence-electron chi connectivity index (χ2n) is 4.50. The topological polar surface area (TPSA) is 26.0 Å². The minimum atomic E-state index is 0.602. The Balaban J connectivity index is 2.01. The summed E-state index contributed by atoms with van der Waals surface area (Å²) >= 11 is 0. The van der Waals surface area contributed by atoms with Crippen molar-refractivity contribution in [2.24, 2.45) is 28.9 Å².